The minimum Gasteiger partial charge on any atom is -0.295 e. The van der Waals surface area contributed by atoms with E-state index in [1.165, 1.54) is 4.88 Å². The molecule has 0 spiro atoms. The van der Waals surface area contributed by atoms with E-state index in [1.54, 1.807) is 11.3 Å². The molecule has 4 heteroatoms. The molecule has 0 bridgehead atoms. The van der Waals surface area contributed by atoms with E-state index in [0.717, 1.165) is 23.6 Å². The second-order valence-corrected chi connectivity index (χ2v) is 6.15. The molecule has 1 unspecified atom stereocenters. The van der Waals surface area contributed by atoms with Crippen molar-refractivity contribution in [1.82, 2.24) is 4.90 Å². The molecule has 0 saturated carbocycles. The first-order chi connectivity index (χ1) is 7.18. The Morgan fingerprint density at radius 2 is 2.40 bits per heavy atom. The average Bonchev–Trinajstić information content (AvgIpc) is 2.65. The van der Waals surface area contributed by atoms with Gasteiger partial charge in [-0.1, -0.05) is 0 Å². The van der Waals surface area contributed by atoms with Crippen LogP contribution in [0.5, 0.6) is 0 Å². The minimum atomic E-state index is 0.0812. The smallest absolute Gasteiger partial charge is 0.181 e. The van der Waals surface area contributed by atoms with E-state index in [9.17, 15) is 4.79 Å². The van der Waals surface area contributed by atoms with Gasteiger partial charge in [0.05, 0.1) is 6.04 Å². The maximum Gasteiger partial charge on any atom is 0.181 e. The molecule has 1 aromatic rings. The predicted molar refractivity (Wildman–Crippen MR) is 67.1 cm³/mol. The highest BCUT2D eigenvalue weighted by Gasteiger charge is 2.27. The van der Waals surface area contributed by atoms with Gasteiger partial charge < -0.3 is 0 Å². The zero-order valence-corrected chi connectivity index (χ0v) is 10.7. The molecule has 1 atom stereocenters. The first kappa shape index (κ1) is 11.2. The Balaban J connectivity index is 2.13. The maximum absolute atomic E-state index is 12.2. The molecule has 1 aliphatic heterocycles. The van der Waals surface area contributed by atoms with Crippen LogP contribution in [-0.2, 0) is 0 Å². The lowest BCUT2D eigenvalue weighted by Gasteiger charge is -2.30. The molecule has 82 valence electrons. The highest BCUT2D eigenvalue weighted by atomic mass is 32.2. The Bertz CT molecular complexity index is 361. The molecule has 2 rings (SSSR count). The van der Waals surface area contributed by atoms with Crippen LogP contribution >= 0.6 is 23.1 Å². The summed E-state index contributed by atoms with van der Waals surface area (Å²) >= 11 is 3.53. The van der Waals surface area contributed by atoms with Gasteiger partial charge in [0.25, 0.3) is 0 Å². The summed E-state index contributed by atoms with van der Waals surface area (Å²) in [5.41, 5.74) is 0.886. The molecule has 1 fully saturated rings. The Hall–Kier alpha value is -0.320. The number of Topliss-reactive ketones (excluding diaryl/α,β-unsaturated/α-hetero) is 1. The van der Waals surface area contributed by atoms with E-state index in [1.807, 2.05) is 37.2 Å². The topological polar surface area (TPSA) is 20.3 Å². The first-order valence-electron chi connectivity index (χ1n) is 5.06. The summed E-state index contributed by atoms with van der Waals surface area (Å²) in [5, 5.41) is 1.98. The van der Waals surface area contributed by atoms with Crippen molar-refractivity contribution in [1.29, 1.82) is 0 Å². The van der Waals surface area contributed by atoms with Gasteiger partial charge >= 0.3 is 0 Å². The third-order valence-corrected chi connectivity index (χ3v) is 4.60. The van der Waals surface area contributed by atoms with Gasteiger partial charge in [-0.15, -0.1) is 11.3 Å². The number of thiophene rings is 1. The van der Waals surface area contributed by atoms with Crippen LogP contribution in [0.4, 0.5) is 0 Å². The van der Waals surface area contributed by atoms with Crippen molar-refractivity contribution in [2.24, 2.45) is 0 Å². The quantitative estimate of drug-likeness (QED) is 0.741. The van der Waals surface area contributed by atoms with Crippen LogP contribution in [0.15, 0.2) is 11.4 Å². The predicted octanol–water partition coefficient (Wildman–Crippen LogP) is 2.29. The van der Waals surface area contributed by atoms with E-state index < -0.39 is 0 Å². The fraction of sp³-hybridized carbons (Fsp3) is 0.545. The van der Waals surface area contributed by atoms with Gasteiger partial charge in [-0.2, -0.15) is 11.8 Å². The number of carbonyl (C=O) groups is 1. The van der Waals surface area contributed by atoms with E-state index >= 15 is 0 Å². The molecule has 0 radical (unpaired) electrons. The molecule has 1 aromatic heterocycles. The van der Waals surface area contributed by atoms with Crippen LogP contribution in [0.1, 0.15) is 15.2 Å². The lowest BCUT2D eigenvalue weighted by molar-refractivity contribution is 0.0875. The SMILES string of the molecule is Cc1cc(C(=O)C2CSCCN2C)cs1. The molecule has 2 nitrogen and oxygen atoms in total. The highest BCUT2D eigenvalue weighted by molar-refractivity contribution is 7.99. The number of thioether (sulfide) groups is 1. The van der Waals surface area contributed by atoms with Crippen molar-refractivity contribution in [2.75, 3.05) is 25.1 Å². The lowest BCUT2D eigenvalue weighted by Crippen LogP contribution is -2.44. The average molecular weight is 241 g/mol. The van der Waals surface area contributed by atoms with Gasteiger partial charge in [-0.05, 0) is 20.0 Å². The van der Waals surface area contributed by atoms with E-state index in [-0.39, 0.29) is 11.8 Å². The molecule has 0 amide bonds. The third kappa shape index (κ3) is 2.44. The zero-order chi connectivity index (χ0) is 10.8. The van der Waals surface area contributed by atoms with Gasteiger partial charge in [0.2, 0.25) is 0 Å². The Labute approximate surface area is 98.7 Å². The molecular formula is C11H15NOS2. The molecule has 0 aliphatic carbocycles. The summed E-state index contributed by atoms with van der Waals surface area (Å²) < 4.78 is 0. The summed E-state index contributed by atoms with van der Waals surface area (Å²) in [6.07, 6.45) is 0. The number of carbonyl (C=O) groups excluding carboxylic acids is 1. The highest BCUT2D eigenvalue weighted by Crippen LogP contribution is 2.21. The number of rotatable bonds is 2. The Morgan fingerprint density at radius 3 is 3.00 bits per heavy atom. The van der Waals surface area contributed by atoms with Crippen molar-refractivity contribution in [3.05, 3.63) is 21.9 Å². The fourth-order valence-electron chi connectivity index (χ4n) is 1.73. The summed E-state index contributed by atoms with van der Waals surface area (Å²) in [6.45, 7) is 3.06. The molecule has 0 N–H and O–H groups in total. The number of hydrogen-bond donors (Lipinski definition) is 0. The van der Waals surface area contributed by atoms with Crippen LogP contribution in [-0.4, -0.2) is 41.8 Å². The zero-order valence-electron chi connectivity index (χ0n) is 9.03. The molecule has 0 aromatic carbocycles. The number of ketones is 1. The van der Waals surface area contributed by atoms with Gasteiger partial charge in [0.15, 0.2) is 5.78 Å². The largest absolute Gasteiger partial charge is 0.295 e. The van der Waals surface area contributed by atoms with E-state index in [0.29, 0.717) is 0 Å². The van der Waals surface area contributed by atoms with Crippen molar-refractivity contribution in [3.8, 4) is 0 Å². The number of likely N-dealkylation sites (N-methyl/N-ethyl adjacent to an activating group) is 1. The number of nitrogens with zero attached hydrogens (tertiary/aromatic N) is 1. The van der Waals surface area contributed by atoms with Crippen LogP contribution in [0.3, 0.4) is 0 Å². The van der Waals surface area contributed by atoms with Crippen molar-refractivity contribution < 1.29 is 4.79 Å². The Kier molecular flexibility index (Phi) is 3.49. The molecule has 15 heavy (non-hydrogen) atoms. The molecular weight excluding hydrogens is 226 g/mol. The van der Waals surface area contributed by atoms with Crippen LogP contribution in [0, 0.1) is 6.92 Å². The van der Waals surface area contributed by atoms with Crippen LogP contribution < -0.4 is 0 Å². The second-order valence-electron chi connectivity index (χ2n) is 3.88. The molecule has 2 heterocycles. The fourth-order valence-corrected chi connectivity index (χ4v) is 3.63. The van der Waals surface area contributed by atoms with Gasteiger partial charge in [-0.3, -0.25) is 9.69 Å². The summed E-state index contributed by atoms with van der Waals surface area (Å²) in [4.78, 5) is 15.6. The monoisotopic (exact) mass is 241 g/mol. The standard InChI is InChI=1S/C11H15NOS2/c1-8-5-9(6-15-8)11(13)10-7-14-4-3-12(10)2/h5-6,10H,3-4,7H2,1-2H3. The third-order valence-electron chi connectivity index (χ3n) is 2.71. The minimum absolute atomic E-state index is 0.0812. The first-order valence-corrected chi connectivity index (χ1v) is 7.09. The number of aryl methyl sites for hydroxylation is 1. The van der Waals surface area contributed by atoms with Gasteiger partial charge in [-0.25, -0.2) is 0 Å². The van der Waals surface area contributed by atoms with E-state index in [2.05, 4.69) is 4.90 Å². The summed E-state index contributed by atoms with van der Waals surface area (Å²) in [7, 11) is 2.04. The second kappa shape index (κ2) is 4.68. The summed E-state index contributed by atoms with van der Waals surface area (Å²) in [5.74, 6) is 2.36. The van der Waals surface area contributed by atoms with Crippen molar-refractivity contribution in [2.45, 2.75) is 13.0 Å². The Morgan fingerprint density at radius 1 is 1.60 bits per heavy atom. The van der Waals surface area contributed by atoms with Gasteiger partial charge in [0.1, 0.15) is 0 Å². The molecule has 1 saturated heterocycles. The summed E-state index contributed by atoms with van der Waals surface area (Å²) in [6, 6.07) is 2.08. The maximum atomic E-state index is 12.2. The van der Waals surface area contributed by atoms with Crippen molar-refractivity contribution in [3.63, 3.8) is 0 Å². The van der Waals surface area contributed by atoms with Crippen LogP contribution in [0.2, 0.25) is 0 Å². The van der Waals surface area contributed by atoms with E-state index in [4.69, 9.17) is 0 Å². The van der Waals surface area contributed by atoms with Crippen LogP contribution in [0.25, 0.3) is 0 Å². The van der Waals surface area contributed by atoms with Gasteiger partial charge in [0, 0.05) is 33.9 Å². The number of hydrogen-bond acceptors (Lipinski definition) is 4. The molecule has 1 aliphatic rings. The lowest BCUT2D eigenvalue weighted by atomic mass is 10.1. The normalized spacial score (nSPS) is 22.9. The van der Waals surface area contributed by atoms with Crippen molar-refractivity contribution >= 4 is 28.9 Å².